The molecule has 0 heterocycles. The number of hydrogen-bond acceptors (Lipinski definition) is 3. The molecule has 1 atom stereocenters. The van der Waals surface area contributed by atoms with E-state index < -0.39 is 17.4 Å². The van der Waals surface area contributed by atoms with E-state index in [1.165, 1.54) is 0 Å². The quantitative estimate of drug-likeness (QED) is 0.644. The molecule has 6 heteroatoms. The fourth-order valence-electron chi connectivity index (χ4n) is 2.38. The normalized spacial score (nSPS) is 13.2. The molecule has 0 radical (unpaired) electrons. The number of rotatable bonds is 9. The van der Waals surface area contributed by atoms with E-state index in [2.05, 4.69) is 10.6 Å². The summed E-state index contributed by atoms with van der Waals surface area (Å²) >= 11 is 0. The van der Waals surface area contributed by atoms with Crippen molar-refractivity contribution in [3.05, 3.63) is 35.9 Å². The summed E-state index contributed by atoms with van der Waals surface area (Å²) in [6.45, 7) is 5.49. The molecule has 0 saturated heterocycles. The first-order valence-corrected chi connectivity index (χ1v) is 8.18. The molecular formula is C18H26N2O4. The molecule has 1 aromatic carbocycles. The predicted octanol–water partition coefficient (Wildman–Crippen LogP) is 2.05. The minimum atomic E-state index is -1.50. The molecule has 6 nitrogen and oxygen atoms in total. The van der Waals surface area contributed by atoms with Crippen LogP contribution < -0.4 is 10.6 Å². The Morgan fingerprint density at radius 3 is 2.25 bits per heavy atom. The van der Waals surface area contributed by atoms with Crippen molar-refractivity contribution in [3.8, 4) is 0 Å². The lowest BCUT2D eigenvalue weighted by atomic mass is 9.87. The second-order valence-corrected chi connectivity index (χ2v) is 6.19. The zero-order valence-electron chi connectivity index (χ0n) is 14.5. The van der Waals surface area contributed by atoms with Gasteiger partial charge in [0.1, 0.15) is 0 Å². The van der Waals surface area contributed by atoms with E-state index >= 15 is 0 Å². The third-order valence-electron chi connectivity index (χ3n) is 3.91. The van der Waals surface area contributed by atoms with Gasteiger partial charge in [-0.1, -0.05) is 51.1 Å². The largest absolute Gasteiger partial charge is 0.479 e. The second-order valence-electron chi connectivity index (χ2n) is 6.19. The van der Waals surface area contributed by atoms with Crippen LogP contribution in [0.2, 0.25) is 0 Å². The molecule has 1 rings (SSSR count). The van der Waals surface area contributed by atoms with Gasteiger partial charge < -0.3 is 15.7 Å². The smallest absolute Gasteiger partial charge is 0.334 e. The number of carboxylic acid groups (broad SMARTS) is 1. The Kier molecular flexibility index (Phi) is 7.42. The van der Waals surface area contributed by atoms with Crippen LogP contribution in [-0.2, 0) is 19.9 Å². The highest BCUT2D eigenvalue weighted by Gasteiger charge is 2.40. The summed E-state index contributed by atoms with van der Waals surface area (Å²) in [4.78, 5) is 35.6. The zero-order valence-corrected chi connectivity index (χ0v) is 14.5. The molecular weight excluding hydrogens is 308 g/mol. The molecule has 0 spiro atoms. The number of carbonyl (C=O) groups excluding carboxylic acids is 2. The Labute approximate surface area is 142 Å². The van der Waals surface area contributed by atoms with Crippen LogP contribution in [0.1, 0.15) is 45.6 Å². The number of benzene rings is 1. The van der Waals surface area contributed by atoms with Crippen molar-refractivity contribution in [2.24, 2.45) is 5.92 Å². The van der Waals surface area contributed by atoms with Gasteiger partial charge in [-0.05, 0) is 24.3 Å². The topological polar surface area (TPSA) is 95.5 Å². The second kappa shape index (κ2) is 9.05. The van der Waals surface area contributed by atoms with Gasteiger partial charge in [-0.25, -0.2) is 4.79 Å². The first-order valence-electron chi connectivity index (χ1n) is 8.18. The van der Waals surface area contributed by atoms with Crippen LogP contribution in [-0.4, -0.2) is 29.4 Å². The Morgan fingerprint density at radius 2 is 1.75 bits per heavy atom. The Bertz CT molecular complexity index is 572. The molecule has 1 aromatic rings. The van der Waals surface area contributed by atoms with Crippen molar-refractivity contribution in [2.45, 2.75) is 45.6 Å². The first kappa shape index (κ1) is 19.7. The lowest BCUT2D eigenvalue weighted by molar-refractivity contribution is -0.148. The van der Waals surface area contributed by atoms with Crippen LogP contribution >= 0.6 is 0 Å². The monoisotopic (exact) mass is 334 g/mol. The number of carboxylic acids is 1. The molecule has 3 N–H and O–H groups in total. The maximum absolute atomic E-state index is 12.1. The molecule has 24 heavy (non-hydrogen) atoms. The highest BCUT2D eigenvalue weighted by atomic mass is 16.4. The molecule has 132 valence electrons. The van der Waals surface area contributed by atoms with Crippen molar-refractivity contribution in [1.29, 1.82) is 0 Å². The van der Waals surface area contributed by atoms with Crippen LogP contribution in [0.4, 0.5) is 0 Å². The Balaban J connectivity index is 2.73. The summed E-state index contributed by atoms with van der Waals surface area (Å²) in [6, 6.07) is 8.56. The molecule has 0 aliphatic carbocycles. The minimum Gasteiger partial charge on any atom is -0.479 e. The van der Waals surface area contributed by atoms with Crippen molar-refractivity contribution in [2.75, 3.05) is 6.54 Å². The van der Waals surface area contributed by atoms with E-state index in [-0.39, 0.29) is 18.9 Å². The molecule has 0 fully saturated rings. The average Bonchev–Trinajstić information content (AvgIpc) is 2.56. The van der Waals surface area contributed by atoms with Crippen molar-refractivity contribution in [3.63, 3.8) is 0 Å². The first-order chi connectivity index (χ1) is 11.3. The van der Waals surface area contributed by atoms with Gasteiger partial charge in [0.25, 0.3) is 0 Å². The standard InChI is InChI=1S/C18H26N2O4/c1-4-18(17(23)24,14-8-6-5-7-9-14)20-16(22)12-19-15(21)11-10-13(2)3/h5-9,13H,4,10-12H2,1-3H3,(H,19,21)(H,20,22)(H,23,24). The van der Waals surface area contributed by atoms with E-state index in [0.29, 0.717) is 17.9 Å². The van der Waals surface area contributed by atoms with Gasteiger partial charge in [0.15, 0.2) is 5.54 Å². The molecule has 0 aliphatic rings. The van der Waals surface area contributed by atoms with Crippen LogP contribution in [0.3, 0.4) is 0 Å². The minimum absolute atomic E-state index is 0.194. The van der Waals surface area contributed by atoms with Crippen LogP contribution in [0.25, 0.3) is 0 Å². The zero-order chi connectivity index (χ0) is 18.2. The van der Waals surface area contributed by atoms with Gasteiger partial charge in [0.05, 0.1) is 6.54 Å². The van der Waals surface area contributed by atoms with Crippen LogP contribution in [0.5, 0.6) is 0 Å². The Hall–Kier alpha value is -2.37. The van der Waals surface area contributed by atoms with Gasteiger partial charge in [-0.3, -0.25) is 9.59 Å². The molecule has 0 saturated carbocycles. The van der Waals surface area contributed by atoms with E-state index in [1.807, 2.05) is 13.8 Å². The number of amides is 2. The summed E-state index contributed by atoms with van der Waals surface area (Å²) in [5, 5.41) is 14.7. The molecule has 0 aliphatic heterocycles. The lowest BCUT2D eigenvalue weighted by Gasteiger charge is -2.30. The van der Waals surface area contributed by atoms with Crippen molar-refractivity contribution in [1.82, 2.24) is 10.6 Å². The van der Waals surface area contributed by atoms with Gasteiger partial charge in [0.2, 0.25) is 11.8 Å². The van der Waals surface area contributed by atoms with E-state index in [4.69, 9.17) is 0 Å². The number of aliphatic carboxylic acids is 1. The molecule has 0 aromatic heterocycles. The highest BCUT2D eigenvalue weighted by molar-refractivity contribution is 5.90. The summed E-state index contributed by atoms with van der Waals surface area (Å²) in [6.07, 6.45) is 1.28. The predicted molar refractivity (Wildman–Crippen MR) is 91.3 cm³/mol. The summed E-state index contributed by atoms with van der Waals surface area (Å²) < 4.78 is 0. The maximum atomic E-state index is 12.1. The third-order valence-corrected chi connectivity index (χ3v) is 3.91. The van der Waals surface area contributed by atoms with Gasteiger partial charge in [-0.2, -0.15) is 0 Å². The van der Waals surface area contributed by atoms with Gasteiger partial charge in [-0.15, -0.1) is 0 Å². The summed E-state index contributed by atoms with van der Waals surface area (Å²) in [5.74, 6) is -1.46. The number of hydrogen-bond donors (Lipinski definition) is 3. The fraction of sp³-hybridized carbons (Fsp3) is 0.500. The molecule has 0 bridgehead atoms. The third kappa shape index (κ3) is 5.37. The summed E-state index contributed by atoms with van der Waals surface area (Å²) in [5.41, 5.74) is -0.999. The lowest BCUT2D eigenvalue weighted by Crippen LogP contribution is -2.53. The van der Waals surface area contributed by atoms with Gasteiger partial charge >= 0.3 is 5.97 Å². The summed E-state index contributed by atoms with van der Waals surface area (Å²) in [7, 11) is 0. The van der Waals surface area contributed by atoms with Crippen LogP contribution in [0.15, 0.2) is 30.3 Å². The molecule has 1 unspecified atom stereocenters. The molecule has 2 amide bonds. The number of carbonyl (C=O) groups is 3. The van der Waals surface area contributed by atoms with E-state index in [1.54, 1.807) is 37.3 Å². The van der Waals surface area contributed by atoms with Crippen LogP contribution in [0, 0.1) is 5.92 Å². The SMILES string of the molecule is CCC(NC(=O)CNC(=O)CCC(C)C)(C(=O)O)c1ccccc1. The van der Waals surface area contributed by atoms with Crippen molar-refractivity contribution >= 4 is 17.8 Å². The van der Waals surface area contributed by atoms with E-state index in [9.17, 15) is 19.5 Å². The van der Waals surface area contributed by atoms with E-state index in [0.717, 1.165) is 6.42 Å². The highest BCUT2D eigenvalue weighted by Crippen LogP contribution is 2.25. The fourth-order valence-corrected chi connectivity index (χ4v) is 2.38. The van der Waals surface area contributed by atoms with Gasteiger partial charge in [0, 0.05) is 6.42 Å². The number of nitrogens with one attached hydrogen (secondary N) is 2. The average molecular weight is 334 g/mol. The maximum Gasteiger partial charge on any atom is 0.334 e. The Morgan fingerprint density at radius 1 is 1.12 bits per heavy atom. The van der Waals surface area contributed by atoms with Crippen molar-refractivity contribution < 1.29 is 19.5 Å².